The summed E-state index contributed by atoms with van der Waals surface area (Å²) in [5.41, 5.74) is 7.72. The highest BCUT2D eigenvalue weighted by Gasteiger charge is 2.00. The Labute approximate surface area is 146 Å². The predicted octanol–water partition coefficient (Wildman–Crippen LogP) is 2.51. The maximum absolute atomic E-state index is 9.24. The van der Waals surface area contributed by atoms with Crippen molar-refractivity contribution in [3.05, 3.63) is 57.8 Å². The normalized spacial score (nSPS) is 11.0. The number of nitrogens with zero attached hydrogens (tertiary/aromatic N) is 1. The molecule has 2 aromatic rings. The standard InChI is InChI=1S/C15H19N3OS.HI/c16-15(17-8-7-14-6-3-9-20-14)18-10-12-4-1-2-5-13(12)11-19;/h1-6,9,19H,7-8,10-11H2,(H3,16,17,18);1H. The van der Waals surface area contributed by atoms with Gasteiger partial charge in [-0.1, -0.05) is 30.3 Å². The number of aliphatic hydroxyl groups is 1. The summed E-state index contributed by atoms with van der Waals surface area (Å²) in [5, 5.41) is 14.4. The molecule has 0 amide bonds. The van der Waals surface area contributed by atoms with Gasteiger partial charge in [-0.25, -0.2) is 4.99 Å². The molecule has 0 bridgehead atoms. The number of rotatable bonds is 6. The van der Waals surface area contributed by atoms with Crippen LogP contribution < -0.4 is 11.1 Å². The van der Waals surface area contributed by atoms with E-state index in [0.717, 1.165) is 24.1 Å². The van der Waals surface area contributed by atoms with Gasteiger partial charge in [0.1, 0.15) is 0 Å². The first-order valence-electron chi connectivity index (χ1n) is 6.53. The van der Waals surface area contributed by atoms with E-state index in [-0.39, 0.29) is 30.6 Å². The molecular formula is C15H20IN3OS. The van der Waals surface area contributed by atoms with Crippen LogP contribution in [0.3, 0.4) is 0 Å². The molecule has 0 fully saturated rings. The first-order valence-corrected chi connectivity index (χ1v) is 7.41. The molecule has 4 nitrogen and oxygen atoms in total. The highest BCUT2D eigenvalue weighted by atomic mass is 127. The Hall–Kier alpha value is -1.12. The van der Waals surface area contributed by atoms with E-state index in [9.17, 15) is 5.11 Å². The summed E-state index contributed by atoms with van der Waals surface area (Å²) in [4.78, 5) is 5.63. The maximum atomic E-state index is 9.24. The minimum Gasteiger partial charge on any atom is -0.392 e. The van der Waals surface area contributed by atoms with Crippen molar-refractivity contribution in [3.63, 3.8) is 0 Å². The number of nitrogens with one attached hydrogen (secondary N) is 1. The molecule has 0 saturated carbocycles. The molecule has 0 spiro atoms. The Balaban J connectivity index is 0.00000220. The number of guanidine groups is 1. The van der Waals surface area contributed by atoms with Crippen LogP contribution in [0.15, 0.2) is 46.8 Å². The van der Waals surface area contributed by atoms with E-state index in [0.29, 0.717) is 12.5 Å². The third-order valence-corrected chi connectivity index (χ3v) is 3.90. The van der Waals surface area contributed by atoms with E-state index < -0.39 is 0 Å². The lowest BCUT2D eigenvalue weighted by atomic mass is 10.1. The molecule has 0 unspecified atom stereocenters. The summed E-state index contributed by atoms with van der Waals surface area (Å²) in [5.74, 6) is 0.439. The lowest BCUT2D eigenvalue weighted by Crippen LogP contribution is -2.33. The van der Waals surface area contributed by atoms with E-state index in [4.69, 9.17) is 5.73 Å². The minimum atomic E-state index is 0. The number of halogens is 1. The van der Waals surface area contributed by atoms with Gasteiger partial charge in [0.2, 0.25) is 0 Å². The highest BCUT2D eigenvalue weighted by molar-refractivity contribution is 14.0. The van der Waals surface area contributed by atoms with Crippen LogP contribution in [-0.2, 0) is 19.6 Å². The van der Waals surface area contributed by atoms with Crippen molar-refractivity contribution in [2.75, 3.05) is 6.54 Å². The van der Waals surface area contributed by atoms with Gasteiger partial charge in [0, 0.05) is 11.4 Å². The van der Waals surface area contributed by atoms with Crippen LogP contribution in [-0.4, -0.2) is 17.6 Å². The van der Waals surface area contributed by atoms with E-state index in [1.807, 2.05) is 30.3 Å². The van der Waals surface area contributed by atoms with E-state index >= 15 is 0 Å². The molecule has 4 N–H and O–H groups in total. The third-order valence-electron chi connectivity index (χ3n) is 2.97. The molecule has 0 radical (unpaired) electrons. The number of nitrogens with two attached hydrogens (primary N) is 1. The Kier molecular flexibility index (Phi) is 8.33. The third kappa shape index (κ3) is 6.03. The molecule has 1 heterocycles. The molecule has 0 aliphatic carbocycles. The van der Waals surface area contributed by atoms with Crippen LogP contribution in [0, 0.1) is 0 Å². The smallest absolute Gasteiger partial charge is 0.188 e. The summed E-state index contributed by atoms with van der Waals surface area (Å²) in [7, 11) is 0. The monoisotopic (exact) mass is 417 g/mol. The van der Waals surface area contributed by atoms with Crippen molar-refractivity contribution in [1.29, 1.82) is 0 Å². The molecule has 21 heavy (non-hydrogen) atoms. The zero-order chi connectivity index (χ0) is 14.2. The van der Waals surface area contributed by atoms with Crippen LogP contribution >= 0.6 is 35.3 Å². The molecule has 0 aliphatic heterocycles. The number of hydrogen-bond acceptors (Lipinski definition) is 3. The lowest BCUT2D eigenvalue weighted by molar-refractivity contribution is 0.280. The van der Waals surface area contributed by atoms with E-state index in [1.165, 1.54) is 4.88 Å². The Morgan fingerprint density at radius 3 is 2.62 bits per heavy atom. The van der Waals surface area contributed by atoms with Crippen LogP contribution in [0.25, 0.3) is 0 Å². The van der Waals surface area contributed by atoms with Gasteiger partial charge in [-0.15, -0.1) is 35.3 Å². The van der Waals surface area contributed by atoms with Crippen molar-refractivity contribution in [1.82, 2.24) is 5.32 Å². The largest absolute Gasteiger partial charge is 0.392 e. The van der Waals surface area contributed by atoms with Crippen molar-refractivity contribution in [3.8, 4) is 0 Å². The molecular weight excluding hydrogens is 397 g/mol. The summed E-state index contributed by atoms with van der Waals surface area (Å²) < 4.78 is 0. The van der Waals surface area contributed by atoms with Gasteiger partial charge in [-0.2, -0.15) is 0 Å². The topological polar surface area (TPSA) is 70.6 Å². The zero-order valence-electron chi connectivity index (χ0n) is 11.7. The fraction of sp³-hybridized carbons (Fsp3) is 0.267. The second-order valence-corrected chi connectivity index (χ2v) is 5.42. The van der Waals surface area contributed by atoms with Crippen LogP contribution in [0.5, 0.6) is 0 Å². The van der Waals surface area contributed by atoms with Crippen LogP contribution in [0.1, 0.15) is 16.0 Å². The van der Waals surface area contributed by atoms with Gasteiger partial charge >= 0.3 is 0 Å². The van der Waals surface area contributed by atoms with Crippen LogP contribution in [0.2, 0.25) is 0 Å². The molecule has 6 heteroatoms. The number of aliphatic hydroxyl groups excluding tert-OH is 1. The Morgan fingerprint density at radius 2 is 1.95 bits per heavy atom. The SMILES string of the molecule is I.NC(=NCc1ccccc1CO)NCCc1cccs1. The van der Waals surface area contributed by atoms with Crippen molar-refractivity contribution < 1.29 is 5.11 Å². The number of aliphatic imine (C=N–C) groups is 1. The zero-order valence-corrected chi connectivity index (χ0v) is 14.8. The van der Waals surface area contributed by atoms with Gasteiger partial charge in [-0.3, -0.25) is 0 Å². The molecule has 2 rings (SSSR count). The van der Waals surface area contributed by atoms with Gasteiger partial charge in [0.15, 0.2) is 5.96 Å². The average molecular weight is 417 g/mol. The van der Waals surface area contributed by atoms with Crippen molar-refractivity contribution in [2.45, 2.75) is 19.6 Å². The van der Waals surface area contributed by atoms with Crippen molar-refractivity contribution in [2.24, 2.45) is 10.7 Å². The van der Waals surface area contributed by atoms with Gasteiger partial charge in [0.25, 0.3) is 0 Å². The van der Waals surface area contributed by atoms with E-state index in [2.05, 4.69) is 21.8 Å². The molecule has 0 saturated heterocycles. The van der Waals surface area contributed by atoms with Gasteiger partial charge in [-0.05, 0) is 29.0 Å². The fourth-order valence-electron chi connectivity index (χ4n) is 1.86. The average Bonchev–Trinajstić information content (AvgIpc) is 2.98. The Bertz CT molecular complexity index is 558. The second kappa shape index (κ2) is 9.75. The summed E-state index contributed by atoms with van der Waals surface area (Å²) in [6.07, 6.45) is 0.946. The Morgan fingerprint density at radius 1 is 1.19 bits per heavy atom. The summed E-state index contributed by atoms with van der Waals surface area (Å²) >= 11 is 1.74. The number of hydrogen-bond donors (Lipinski definition) is 3. The molecule has 1 aromatic carbocycles. The van der Waals surface area contributed by atoms with Gasteiger partial charge in [0.05, 0.1) is 13.2 Å². The number of thiophene rings is 1. The quantitative estimate of drug-likeness (QED) is 0.384. The first-order chi connectivity index (χ1) is 9.79. The van der Waals surface area contributed by atoms with E-state index in [1.54, 1.807) is 11.3 Å². The van der Waals surface area contributed by atoms with Crippen molar-refractivity contribution >= 4 is 41.3 Å². The fourth-order valence-corrected chi connectivity index (χ4v) is 2.57. The molecule has 114 valence electrons. The number of benzene rings is 1. The molecule has 0 atom stereocenters. The predicted molar refractivity (Wildman–Crippen MR) is 99.1 cm³/mol. The lowest BCUT2D eigenvalue weighted by Gasteiger charge is -2.07. The van der Waals surface area contributed by atoms with Crippen LogP contribution in [0.4, 0.5) is 0 Å². The summed E-state index contributed by atoms with van der Waals surface area (Å²) in [6, 6.07) is 11.8. The minimum absolute atomic E-state index is 0. The summed E-state index contributed by atoms with van der Waals surface area (Å²) in [6.45, 7) is 1.28. The molecule has 0 aliphatic rings. The second-order valence-electron chi connectivity index (χ2n) is 4.38. The first kappa shape index (κ1) is 17.9. The maximum Gasteiger partial charge on any atom is 0.188 e. The van der Waals surface area contributed by atoms with Gasteiger partial charge < -0.3 is 16.2 Å². The molecule has 1 aromatic heterocycles. The highest BCUT2D eigenvalue weighted by Crippen LogP contribution is 2.10.